The number of nitrogens with one attached hydrogen (secondary N) is 1. The summed E-state index contributed by atoms with van der Waals surface area (Å²) in [6, 6.07) is 4.32. The van der Waals surface area contributed by atoms with Crippen LogP contribution in [0.2, 0.25) is 0 Å². The van der Waals surface area contributed by atoms with Crippen molar-refractivity contribution in [2.45, 2.75) is 56.8 Å². The van der Waals surface area contributed by atoms with E-state index < -0.39 is 11.6 Å². The molecule has 3 rings (SSSR count). The molecule has 1 aromatic carbocycles. The summed E-state index contributed by atoms with van der Waals surface area (Å²) >= 11 is 3.12. The number of rotatable bonds is 3. The molecule has 0 aromatic heterocycles. The molecule has 1 aromatic rings. The summed E-state index contributed by atoms with van der Waals surface area (Å²) in [5.74, 6) is -0.966. The molecule has 2 nitrogen and oxygen atoms in total. The van der Waals surface area contributed by atoms with Crippen LogP contribution in [0.25, 0.3) is 0 Å². The third kappa shape index (κ3) is 3.15. The topological polar surface area (TPSA) is 15.3 Å². The lowest BCUT2D eigenvalue weighted by molar-refractivity contribution is 0.0481. The van der Waals surface area contributed by atoms with Crippen LogP contribution in [0.3, 0.4) is 0 Å². The lowest BCUT2D eigenvalue weighted by atomic mass is 9.82. The van der Waals surface area contributed by atoms with Gasteiger partial charge in [-0.25, -0.2) is 8.78 Å². The van der Waals surface area contributed by atoms with Crippen molar-refractivity contribution < 1.29 is 8.78 Å². The molecule has 116 valence electrons. The van der Waals surface area contributed by atoms with Gasteiger partial charge in [0.15, 0.2) is 0 Å². The van der Waals surface area contributed by atoms with Gasteiger partial charge in [-0.05, 0) is 60.8 Å². The maximum Gasteiger partial charge on any atom is 0.144 e. The highest BCUT2D eigenvalue weighted by atomic mass is 79.9. The third-order valence-corrected chi connectivity index (χ3v) is 5.66. The van der Waals surface area contributed by atoms with E-state index in [1.807, 2.05) is 0 Å². The highest BCUT2D eigenvalue weighted by molar-refractivity contribution is 9.10. The molecule has 5 heteroatoms. The van der Waals surface area contributed by atoms with Crippen LogP contribution in [0.5, 0.6) is 0 Å². The fraction of sp³-hybridized carbons (Fsp3) is 0.625. The Balaban J connectivity index is 1.65. The lowest BCUT2D eigenvalue weighted by Gasteiger charge is -2.47. The molecular weight excluding hydrogens is 338 g/mol. The van der Waals surface area contributed by atoms with Crippen molar-refractivity contribution in [3.05, 3.63) is 33.8 Å². The van der Waals surface area contributed by atoms with Crippen molar-refractivity contribution in [1.82, 2.24) is 10.2 Å². The van der Waals surface area contributed by atoms with Crippen LogP contribution in [0.15, 0.2) is 16.6 Å². The highest BCUT2D eigenvalue weighted by Crippen LogP contribution is 2.33. The van der Waals surface area contributed by atoms with Gasteiger partial charge in [-0.15, -0.1) is 0 Å². The number of halogens is 3. The largest absolute Gasteiger partial charge is 0.310 e. The standard InChI is InChI=1S/C16H21BrF2N2/c1-21-11-3-2-4-12(21)8-10(7-11)20-9-13-15(18)6-5-14(17)16(13)19/h5-6,10-12,20H,2-4,7-9H2,1H3. The van der Waals surface area contributed by atoms with Gasteiger partial charge < -0.3 is 10.2 Å². The Morgan fingerprint density at radius 3 is 2.57 bits per heavy atom. The van der Waals surface area contributed by atoms with E-state index in [2.05, 4.69) is 33.2 Å². The second kappa shape index (κ2) is 6.31. The van der Waals surface area contributed by atoms with Crippen molar-refractivity contribution in [1.29, 1.82) is 0 Å². The van der Waals surface area contributed by atoms with E-state index in [4.69, 9.17) is 0 Å². The van der Waals surface area contributed by atoms with E-state index >= 15 is 0 Å². The molecule has 2 heterocycles. The van der Waals surface area contributed by atoms with Crippen LogP contribution in [-0.4, -0.2) is 30.1 Å². The quantitative estimate of drug-likeness (QED) is 0.826. The molecule has 1 N–H and O–H groups in total. The second-order valence-electron chi connectivity index (χ2n) is 6.27. The first kappa shape index (κ1) is 15.4. The molecule has 0 spiro atoms. The van der Waals surface area contributed by atoms with Gasteiger partial charge in [-0.1, -0.05) is 6.42 Å². The molecule has 2 aliphatic rings. The Kier molecular flexibility index (Phi) is 4.62. The number of piperidine rings is 2. The first-order valence-corrected chi connectivity index (χ1v) is 8.43. The first-order valence-electron chi connectivity index (χ1n) is 7.64. The van der Waals surface area contributed by atoms with Crippen molar-refractivity contribution in [2.75, 3.05) is 7.05 Å². The number of hydrogen-bond donors (Lipinski definition) is 1. The van der Waals surface area contributed by atoms with Crippen LogP contribution in [-0.2, 0) is 6.54 Å². The van der Waals surface area contributed by atoms with Gasteiger partial charge >= 0.3 is 0 Å². The van der Waals surface area contributed by atoms with Gasteiger partial charge in [0.05, 0.1) is 4.47 Å². The summed E-state index contributed by atoms with van der Waals surface area (Å²) in [4.78, 5) is 2.49. The molecule has 2 aliphatic heterocycles. The number of hydrogen-bond acceptors (Lipinski definition) is 2. The summed E-state index contributed by atoms with van der Waals surface area (Å²) in [5, 5.41) is 3.37. The Labute approximate surface area is 133 Å². The fourth-order valence-corrected chi connectivity index (χ4v) is 4.13. The summed E-state index contributed by atoms with van der Waals surface area (Å²) < 4.78 is 28.1. The molecule has 2 fully saturated rings. The molecule has 0 amide bonds. The molecule has 2 atom stereocenters. The summed E-state index contributed by atoms with van der Waals surface area (Å²) in [5.41, 5.74) is 0.133. The minimum atomic E-state index is -0.490. The average Bonchev–Trinajstić information content (AvgIpc) is 2.44. The summed E-state index contributed by atoms with van der Waals surface area (Å²) in [6.07, 6.45) is 5.94. The van der Waals surface area contributed by atoms with E-state index in [9.17, 15) is 8.78 Å². The molecule has 2 saturated heterocycles. The first-order chi connectivity index (χ1) is 10.1. The maximum atomic E-state index is 14.0. The maximum absolute atomic E-state index is 14.0. The highest BCUT2D eigenvalue weighted by Gasteiger charge is 2.35. The monoisotopic (exact) mass is 358 g/mol. The van der Waals surface area contributed by atoms with E-state index in [0.29, 0.717) is 22.6 Å². The molecule has 0 aliphatic carbocycles. The molecule has 0 saturated carbocycles. The summed E-state index contributed by atoms with van der Waals surface area (Å²) in [6.45, 7) is 0.255. The van der Waals surface area contributed by atoms with Gasteiger partial charge in [-0.3, -0.25) is 0 Å². The lowest BCUT2D eigenvalue weighted by Crippen LogP contribution is -2.54. The average molecular weight is 359 g/mol. The Morgan fingerprint density at radius 2 is 1.90 bits per heavy atom. The van der Waals surface area contributed by atoms with Crippen LogP contribution in [0, 0.1) is 11.6 Å². The number of fused-ring (bicyclic) bond motifs is 2. The number of benzene rings is 1. The Hall–Kier alpha value is -0.520. The van der Waals surface area contributed by atoms with Gasteiger partial charge in [0.25, 0.3) is 0 Å². The van der Waals surface area contributed by atoms with Crippen molar-refractivity contribution in [2.24, 2.45) is 0 Å². The molecule has 21 heavy (non-hydrogen) atoms. The van der Waals surface area contributed by atoms with Crippen LogP contribution in [0.1, 0.15) is 37.7 Å². The van der Waals surface area contributed by atoms with E-state index in [1.54, 1.807) is 0 Å². The zero-order valence-electron chi connectivity index (χ0n) is 12.2. The van der Waals surface area contributed by atoms with Crippen LogP contribution < -0.4 is 5.32 Å². The predicted molar refractivity (Wildman–Crippen MR) is 83.1 cm³/mol. The van der Waals surface area contributed by atoms with Crippen molar-refractivity contribution >= 4 is 15.9 Å². The van der Waals surface area contributed by atoms with Gasteiger partial charge in [0.2, 0.25) is 0 Å². The van der Waals surface area contributed by atoms with Gasteiger partial charge in [0, 0.05) is 30.2 Å². The normalized spacial score (nSPS) is 29.6. The van der Waals surface area contributed by atoms with Gasteiger partial charge in [-0.2, -0.15) is 0 Å². The van der Waals surface area contributed by atoms with Crippen LogP contribution >= 0.6 is 15.9 Å². The minimum Gasteiger partial charge on any atom is -0.310 e. The molecule has 2 bridgehead atoms. The zero-order valence-corrected chi connectivity index (χ0v) is 13.8. The third-order valence-electron chi connectivity index (χ3n) is 5.05. The summed E-state index contributed by atoms with van der Waals surface area (Å²) in [7, 11) is 2.21. The fourth-order valence-electron chi connectivity index (χ4n) is 3.76. The van der Waals surface area contributed by atoms with Crippen molar-refractivity contribution in [3.8, 4) is 0 Å². The smallest absolute Gasteiger partial charge is 0.144 e. The second-order valence-corrected chi connectivity index (χ2v) is 7.13. The van der Waals surface area contributed by atoms with Gasteiger partial charge in [0.1, 0.15) is 11.6 Å². The predicted octanol–water partition coefficient (Wildman–Crippen LogP) is 3.83. The molecule has 2 unspecified atom stereocenters. The Morgan fingerprint density at radius 1 is 1.24 bits per heavy atom. The number of nitrogens with zero attached hydrogens (tertiary/aromatic N) is 1. The molecule has 0 radical (unpaired) electrons. The van der Waals surface area contributed by atoms with E-state index in [-0.39, 0.29) is 12.1 Å². The SMILES string of the molecule is CN1C2CCCC1CC(NCc1c(F)ccc(Br)c1F)C2. The minimum absolute atomic E-state index is 0.133. The van der Waals surface area contributed by atoms with E-state index in [1.165, 1.54) is 31.4 Å². The molecular formula is C16H21BrF2N2. The van der Waals surface area contributed by atoms with E-state index in [0.717, 1.165) is 12.8 Å². The van der Waals surface area contributed by atoms with Crippen LogP contribution in [0.4, 0.5) is 8.78 Å². The zero-order chi connectivity index (χ0) is 15.0. The Bertz CT molecular complexity index is 509. The van der Waals surface area contributed by atoms with Crippen molar-refractivity contribution in [3.63, 3.8) is 0 Å².